The predicted molar refractivity (Wildman–Crippen MR) is 104 cm³/mol. The molecule has 0 unspecified atom stereocenters. The molecule has 0 amide bonds. The largest absolute Gasteiger partial charge is 0.300 e. The van der Waals surface area contributed by atoms with Gasteiger partial charge in [-0.3, -0.25) is 4.98 Å². The number of aryl methyl sites for hydroxylation is 1. The number of hydrogen-bond donors (Lipinski definition) is 0. The van der Waals surface area contributed by atoms with Crippen molar-refractivity contribution in [2.24, 2.45) is 0 Å². The Morgan fingerprint density at radius 1 is 1.12 bits per heavy atom. The summed E-state index contributed by atoms with van der Waals surface area (Å²) in [5, 5.41) is 1.22. The molecule has 1 fully saturated rings. The Balaban J connectivity index is 1.53. The number of hydrogen-bond acceptors (Lipinski definition) is 3. The lowest BCUT2D eigenvalue weighted by molar-refractivity contribution is 0.272. The van der Waals surface area contributed by atoms with Crippen LogP contribution >= 0.6 is 0 Å². The van der Waals surface area contributed by atoms with Gasteiger partial charge in [-0.1, -0.05) is 12.1 Å². The maximum absolute atomic E-state index is 4.82. The maximum Gasteiger partial charge on any atom is 0.0725 e. The van der Waals surface area contributed by atoms with Crippen molar-refractivity contribution in [1.82, 2.24) is 14.9 Å². The standard InChI is InChI=1S/C22H25N3/c1-16-5-7-20(15-23-16)22-10-8-19-14-18(6-9-21(19)24-22)11-13-25-12-3-4-17(25)2/h5-10,14-15,17H,3-4,11-13H2,1-2H3/t17-/m1/s1. The number of pyridine rings is 2. The van der Waals surface area contributed by atoms with Crippen LogP contribution in [0.3, 0.4) is 0 Å². The van der Waals surface area contributed by atoms with E-state index in [1.807, 2.05) is 19.2 Å². The topological polar surface area (TPSA) is 29.0 Å². The minimum atomic E-state index is 0.743. The van der Waals surface area contributed by atoms with Gasteiger partial charge in [0.15, 0.2) is 0 Å². The van der Waals surface area contributed by atoms with Gasteiger partial charge in [-0.25, -0.2) is 4.98 Å². The van der Waals surface area contributed by atoms with Crippen molar-refractivity contribution < 1.29 is 0 Å². The van der Waals surface area contributed by atoms with Crippen LogP contribution < -0.4 is 0 Å². The number of nitrogens with zero attached hydrogens (tertiary/aromatic N) is 3. The van der Waals surface area contributed by atoms with Crippen LogP contribution in [0.1, 0.15) is 31.0 Å². The van der Waals surface area contributed by atoms with Crippen LogP contribution in [0.4, 0.5) is 0 Å². The molecule has 0 spiro atoms. The summed E-state index contributed by atoms with van der Waals surface area (Å²) in [6.45, 7) is 6.76. The van der Waals surface area contributed by atoms with Crippen LogP contribution in [0.15, 0.2) is 48.7 Å². The van der Waals surface area contributed by atoms with Gasteiger partial charge in [0.25, 0.3) is 0 Å². The zero-order chi connectivity index (χ0) is 17.2. The van der Waals surface area contributed by atoms with E-state index in [-0.39, 0.29) is 0 Å². The quantitative estimate of drug-likeness (QED) is 0.698. The van der Waals surface area contributed by atoms with E-state index in [0.717, 1.165) is 41.5 Å². The van der Waals surface area contributed by atoms with Crippen molar-refractivity contribution >= 4 is 10.9 Å². The number of benzene rings is 1. The Morgan fingerprint density at radius 3 is 2.80 bits per heavy atom. The molecule has 1 aliphatic heterocycles. The molecule has 0 bridgehead atoms. The molecule has 3 heteroatoms. The maximum atomic E-state index is 4.82. The monoisotopic (exact) mass is 331 g/mol. The van der Waals surface area contributed by atoms with Crippen LogP contribution in [0.25, 0.3) is 22.2 Å². The molecule has 0 N–H and O–H groups in total. The summed E-state index contributed by atoms with van der Waals surface area (Å²) in [5.74, 6) is 0. The SMILES string of the molecule is Cc1ccc(-c2ccc3cc(CCN4CCC[C@H]4C)ccc3n2)cn1. The normalized spacial score (nSPS) is 18.1. The Hall–Kier alpha value is -2.26. The lowest BCUT2D eigenvalue weighted by Gasteiger charge is -2.20. The van der Waals surface area contributed by atoms with Gasteiger partial charge in [-0.2, -0.15) is 0 Å². The van der Waals surface area contributed by atoms with E-state index >= 15 is 0 Å². The fourth-order valence-corrected chi connectivity index (χ4v) is 3.71. The van der Waals surface area contributed by atoms with Gasteiger partial charge in [-0.05, 0) is 75.5 Å². The lowest BCUT2D eigenvalue weighted by Crippen LogP contribution is -2.28. The molecule has 4 rings (SSSR count). The number of rotatable bonds is 4. The highest BCUT2D eigenvalue weighted by atomic mass is 15.2. The smallest absolute Gasteiger partial charge is 0.0725 e. The second-order valence-corrected chi connectivity index (χ2v) is 7.19. The highest BCUT2D eigenvalue weighted by molar-refractivity contribution is 5.82. The van der Waals surface area contributed by atoms with E-state index in [4.69, 9.17) is 4.98 Å². The van der Waals surface area contributed by atoms with Gasteiger partial charge in [0.1, 0.15) is 0 Å². The highest BCUT2D eigenvalue weighted by Crippen LogP contribution is 2.22. The number of likely N-dealkylation sites (tertiary alicyclic amines) is 1. The first-order valence-electron chi connectivity index (χ1n) is 9.26. The second kappa shape index (κ2) is 6.93. The summed E-state index contributed by atoms with van der Waals surface area (Å²) in [7, 11) is 0. The molecule has 25 heavy (non-hydrogen) atoms. The van der Waals surface area contributed by atoms with Crippen molar-refractivity contribution in [1.29, 1.82) is 0 Å². The van der Waals surface area contributed by atoms with Crippen LogP contribution in [-0.2, 0) is 6.42 Å². The van der Waals surface area contributed by atoms with E-state index in [9.17, 15) is 0 Å². The van der Waals surface area contributed by atoms with E-state index < -0.39 is 0 Å². The Bertz CT molecular complexity index is 870. The molecule has 2 aromatic heterocycles. The second-order valence-electron chi connectivity index (χ2n) is 7.19. The van der Waals surface area contributed by atoms with Gasteiger partial charge < -0.3 is 4.90 Å². The van der Waals surface area contributed by atoms with Crippen molar-refractivity contribution in [3.63, 3.8) is 0 Å². The Morgan fingerprint density at radius 2 is 2.04 bits per heavy atom. The van der Waals surface area contributed by atoms with Gasteiger partial charge in [0.05, 0.1) is 11.2 Å². The number of aromatic nitrogens is 2. The van der Waals surface area contributed by atoms with Gasteiger partial charge in [-0.15, -0.1) is 0 Å². The zero-order valence-electron chi connectivity index (χ0n) is 15.1. The predicted octanol–water partition coefficient (Wildman–Crippen LogP) is 4.63. The molecule has 3 heterocycles. The third-order valence-electron chi connectivity index (χ3n) is 5.34. The Labute approximate surface area is 149 Å². The lowest BCUT2D eigenvalue weighted by atomic mass is 10.1. The molecule has 1 atom stereocenters. The number of fused-ring (bicyclic) bond motifs is 1. The van der Waals surface area contributed by atoms with Gasteiger partial charge in [0, 0.05) is 35.4 Å². The summed E-state index contributed by atoms with van der Waals surface area (Å²) in [4.78, 5) is 11.8. The van der Waals surface area contributed by atoms with Crippen LogP contribution in [0, 0.1) is 6.92 Å². The van der Waals surface area contributed by atoms with Gasteiger partial charge >= 0.3 is 0 Å². The summed E-state index contributed by atoms with van der Waals surface area (Å²) in [6.07, 6.45) is 5.71. The third-order valence-corrected chi connectivity index (χ3v) is 5.34. The summed E-state index contributed by atoms with van der Waals surface area (Å²) >= 11 is 0. The molecular weight excluding hydrogens is 306 g/mol. The van der Waals surface area contributed by atoms with Crippen LogP contribution in [0.5, 0.6) is 0 Å². The molecule has 128 valence electrons. The molecule has 3 aromatic rings. The van der Waals surface area contributed by atoms with Crippen LogP contribution in [0.2, 0.25) is 0 Å². The van der Waals surface area contributed by atoms with E-state index in [0.29, 0.717) is 0 Å². The zero-order valence-corrected chi connectivity index (χ0v) is 15.1. The average Bonchev–Trinajstić information content (AvgIpc) is 3.05. The summed E-state index contributed by atoms with van der Waals surface area (Å²) in [6, 6.07) is 15.8. The van der Waals surface area contributed by atoms with E-state index in [2.05, 4.69) is 53.2 Å². The van der Waals surface area contributed by atoms with E-state index in [1.54, 1.807) is 0 Å². The first kappa shape index (κ1) is 16.2. The van der Waals surface area contributed by atoms with Crippen molar-refractivity contribution in [2.75, 3.05) is 13.1 Å². The molecule has 3 nitrogen and oxygen atoms in total. The van der Waals surface area contributed by atoms with Crippen molar-refractivity contribution in [3.05, 3.63) is 59.9 Å². The first-order chi connectivity index (χ1) is 12.2. The van der Waals surface area contributed by atoms with Crippen LogP contribution in [-0.4, -0.2) is 34.0 Å². The highest BCUT2D eigenvalue weighted by Gasteiger charge is 2.19. The molecule has 1 aromatic carbocycles. The minimum Gasteiger partial charge on any atom is -0.300 e. The molecule has 0 saturated carbocycles. The molecule has 1 aliphatic rings. The fourth-order valence-electron chi connectivity index (χ4n) is 3.71. The summed E-state index contributed by atoms with van der Waals surface area (Å²) < 4.78 is 0. The average molecular weight is 331 g/mol. The van der Waals surface area contributed by atoms with Gasteiger partial charge in [0.2, 0.25) is 0 Å². The molecule has 0 aliphatic carbocycles. The fraction of sp³-hybridized carbons (Fsp3) is 0.364. The first-order valence-corrected chi connectivity index (χ1v) is 9.26. The third kappa shape index (κ3) is 3.57. The molecule has 1 saturated heterocycles. The van der Waals surface area contributed by atoms with Crippen molar-refractivity contribution in [2.45, 2.75) is 39.2 Å². The van der Waals surface area contributed by atoms with Crippen molar-refractivity contribution in [3.8, 4) is 11.3 Å². The molecular formula is C22H25N3. The van der Waals surface area contributed by atoms with E-state index in [1.165, 1.54) is 30.3 Å². The Kier molecular flexibility index (Phi) is 4.50. The molecule has 0 radical (unpaired) electrons. The minimum absolute atomic E-state index is 0.743. The summed E-state index contributed by atoms with van der Waals surface area (Å²) in [5.41, 5.74) is 5.54.